The number of alkyl halides is 3. The Balaban J connectivity index is 1.59. The second kappa shape index (κ2) is 10.8. The van der Waals surface area contributed by atoms with Gasteiger partial charge in [-0.05, 0) is 49.7 Å². The molecule has 168 valence electrons. The van der Waals surface area contributed by atoms with Crippen molar-refractivity contribution in [3.8, 4) is 5.75 Å². The molecule has 6 nitrogen and oxygen atoms in total. The SMILES string of the molecule is COc1ccc(C(CNC(=O)CSc2nccc(C(F)(F)F)n2)N2CCCCC2)cc1. The van der Waals surface area contributed by atoms with Crippen molar-refractivity contribution in [1.29, 1.82) is 0 Å². The van der Waals surface area contributed by atoms with Crippen molar-refractivity contribution in [3.63, 3.8) is 0 Å². The first kappa shape index (κ1) is 23.3. The van der Waals surface area contributed by atoms with E-state index in [0.29, 0.717) is 6.54 Å². The maximum absolute atomic E-state index is 12.8. The number of aromatic nitrogens is 2. The van der Waals surface area contributed by atoms with E-state index in [1.54, 1.807) is 7.11 Å². The lowest BCUT2D eigenvalue weighted by atomic mass is 10.0. The number of carbonyl (C=O) groups excluding carboxylic acids is 1. The number of benzene rings is 1. The van der Waals surface area contributed by atoms with Crippen LogP contribution in [0.4, 0.5) is 13.2 Å². The first-order valence-electron chi connectivity index (χ1n) is 10.0. The molecule has 1 unspecified atom stereocenters. The Kier molecular flexibility index (Phi) is 8.14. The molecule has 1 aliphatic heterocycles. The Bertz CT molecular complexity index is 858. The van der Waals surface area contributed by atoms with E-state index in [1.807, 2.05) is 24.3 Å². The zero-order valence-corrected chi connectivity index (χ0v) is 18.0. The maximum atomic E-state index is 12.8. The number of likely N-dealkylation sites (tertiary alicyclic amines) is 1. The van der Waals surface area contributed by atoms with E-state index >= 15 is 0 Å². The smallest absolute Gasteiger partial charge is 0.433 e. The van der Waals surface area contributed by atoms with Crippen LogP contribution in [-0.2, 0) is 11.0 Å². The van der Waals surface area contributed by atoms with E-state index in [2.05, 4.69) is 20.2 Å². The molecule has 31 heavy (non-hydrogen) atoms. The highest BCUT2D eigenvalue weighted by atomic mass is 32.2. The highest BCUT2D eigenvalue weighted by Crippen LogP contribution is 2.28. The van der Waals surface area contributed by atoms with Gasteiger partial charge in [-0.1, -0.05) is 30.3 Å². The largest absolute Gasteiger partial charge is 0.497 e. The van der Waals surface area contributed by atoms with Gasteiger partial charge in [0.25, 0.3) is 0 Å². The van der Waals surface area contributed by atoms with Crippen LogP contribution in [0, 0.1) is 0 Å². The highest BCUT2D eigenvalue weighted by Gasteiger charge is 2.32. The molecule has 1 amide bonds. The fraction of sp³-hybridized carbons (Fsp3) is 0.476. The number of nitrogens with zero attached hydrogens (tertiary/aromatic N) is 3. The normalized spacial score (nSPS) is 16.0. The highest BCUT2D eigenvalue weighted by molar-refractivity contribution is 7.99. The fourth-order valence-corrected chi connectivity index (χ4v) is 4.13. The van der Waals surface area contributed by atoms with Crippen LogP contribution < -0.4 is 10.1 Å². The number of carbonyl (C=O) groups is 1. The van der Waals surface area contributed by atoms with Crippen LogP contribution >= 0.6 is 11.8 Å². The van der Waals surface area contributed by atoms with Gasteiger partial charge >= 0.3 is 6.18 Å². The molecule has 0 spiro atoms. The van der Waals surface area contributed by atoms with Crippen molar-refractivity contribution in [2.24, 2.45) is 0 Å². The van der Waals surface area contributed by atoms with Gasteiger partial charge in [0.1, 0.15) is 11.4 Å². The fourth-order valence-electron chi connectivity index (χ4n) is 3.47. The monoisotopic (exact) mass is 454 g/mol. The van der Waals surface area contributed by atoms with Crippen molar-refractivity contribution in [3.05, 3.63) is 47.8 Å². The van der Waals surface area contributed by atoms with E-state index in [4.69, 9.17) is 4.74 Å². The van der Waals surface area contributed by atoms with Gasteiger partial charge in [-0.25, -0.2) is 9.97 Å². The Morgan fingerprint density at radius 3 is 2.55 bits per heavy atom. The molecule has 2 aromatic rings. The average Bonchev–Trinajstić information content (AvgIpc) is 2.78. The molecular formula is C21H25F3N4O2S. The molecular weight excluding hydrogens is 429 g/mol. The van der Waals surface area contributed by atoms with E-state index in [-0.39, 0.29) is 22.9 Å². The number of ether oxygens (including phenoxy) is 1. The maximum Gasteiger partial charge on any atom is 0.433 e. The van der Waals surface area contributed by atoms with Gasteiger partial charge in [0.2, 0.25) is 5.91 Å². The number of thioether (sulfide) groups is 1. The third kappa shape index (κ3) is 6.83. The number of amides is 1. The number of hydrogen-bond acceptors (Lipinski definition) is 6. The van der Waals surface area contributed by atoms with Gasteiger partial charge in [0.15, 0.2) is 5.16 Å². The molecule has 0 bridgehead atoms. The van der Waals surface area contributed by atoms with Gasteiger partial charge in [0, 0.05) is 12.7 Å². The van der Waals surface area contributed by atoms with Crippen molar-refractivity contribution in [2.75, 3.05) is 32.5 Å². The number of rotatable bonds is 8. The zero-order valence-electron chi connectivity index (χ0n) is 17.2. The third-order valence-corrected chi connectivity index (χ3v) is 5.94. The van der Waals surface area contributed by atoms with Crippen LogP contribution in [0.1, 0.15) is 36.6 Å². The van der Waals surface area contributed by atoms with E-state index < -0.39 is 11.9 Å². The molecule has 10 heteroatoms. The van der Waals surface area contributed by atoms with Crippen LogP contribution in [0.15, 0.2) is 41.7 Å². The molecule has 1 aliphatic rings. The summed E-state index contributed by atoms with van der Waals surface area (Å²) < 4.78 is 43.5. The minimum absolute atomic E-state index is 0.0185. The van der Waals surface area contributed by atoms with Crippen LogP contribution in [0.5, 0.6) is 5.75 Å². The quantitative estimate of drug-likeness (QED) is 0.482. The van der Waals surface area contributed by atoms with Gasteiger partial charge < -0.3 is 10.1 Å². The van der Waals surface area contributed by atoms with Gasteiger partial charge in [-0.15, -0.1) is 0 Å². The van der Waals surface area contributed by atoms with E-state index in [1.165, 1.54) is 6.42 Å². The summed E-state index contributed by atoms with van der Waals surface area (Å²) in [5.41, 5.74) is 0.0620. The number of piperidine rings is 1. The second-order valence-corrected chi connectivity index (χ2v) is 8.14. The van der Waals surface area contributed by atoms with Gasteiger partial charge in [0.05, 0.1) is 18.9 Å². The molecule has 0 radical (unpaired) electrons. The van der Waals surface area contributed by atoms with Crippen LogP contribution in [0.2, 0.25) is 0 Å². The van der Waals surface area contributed by atoms with Crippen molar-refractivity contribution < 1.29 is 22.7 Å². The standard InChI is InChI=1S/C21H25F3N4O2S/c1-30-16-7-5-15(6-8-16)17(28-11-3-2-4-12-28)13-26-19(29)14-31-20-25-10-9-18(27-20)21(22,23)24/h5-10,17H,2-4,11-14H2,1H3,(H,26,29). The van der Waals surface area contributed by atoms with Gasteiger partial charge in [-0.3, -0.25) is 9.69 Å². The van der Waals surface area contributed by atoms with Gasteiger partial charge in [-0.2, -0.15) is 13.2 Å². The lowest BCUT2D eigenvalue weighted by molar-refractivity contribution is -0.141. The van der Waals surface area contributed by atoms with Crippen LogP contribution in [-0.4, -0.2) is 53.3 Å². The number of methoxy groups -OCH3 is 1. The van der Waals surface area contributed by atoms with Crippen molar-refractivity contribution >= 4 is 17.7 Å². The predicted molar refractivity (Wildman–Crippen MR) is 112 cm³/mol. The summed E-state index contributed by atoms with van der Waals surface area (Å²) in [6.45, 7) is 2.33. The molecule has 1 fully saturated rings. The number of halogens is 3. The topological polar surface area (TPSA) is 67.3 Å². The lowest BCUT2D eigenvalue weighted by Gasteiger charge is -2.35. The molecule has 2 heterocycles. The van der Waals surface area contributed by atoms with Crippen molar-refractivity contribution in [2.45, 2.75) is 36.6 Å². The molecule has 0 aliphatic carbocycles. The summed E-state index contributed by atoms with van der Waals surface area (Å²) in [7, 11) is 1.61. The van der Waals surface area contributed by atoms with Crippen molar-refractivity contribution in [1.82, 2.24) is 20.2 Å². The summed E-state index contributed by atoms with van der Waals surface area (Å²) in [6, 6.07) is 8.61. The molecule has 1 saturated heterocycles. The minimum Gasteiger partial charge on any atom is -0.497 e. The predicted octanol–water partition coefficient (Wildman–Crippen LogP) is 3.94. The number of hydrogen-bond donors (Lipinski definition) is 1. The Morgan fingerprint density at radius 2 is 1.90 bits per heavy atom. The molecule has 0 saturated carbocycles. The first-order chi connectivity index (χ1) is 14.9. The third-order valence-electron chi connectivity index (χ3n) is 5.08. The Morgan fingerprint density at radius 1 is 1.19 bits per heavy atom. The summed E-state index contributed by atoms with van der Waals surface area (Å²) in [6.07, 6.45) is -0.0643. The molecule has 1 N–H and O–H groups in total. The van der Waals surface area contributed by atoms with E-state index in [0.717, 1.165) is 61.3 Å². The average molecular weight is 455 g/mol. The summed E-state index contributed by atoms with van der Waals surface area (Å²) in [4.78, 5) is 22.0. The summed E-state index contributed by atoms with van der Waals surface area (Å²) in [5, 5.41) is 2.84. The molecule has 1 aromatic heterocycles. The molecule has 1 atom stereocenters. The Hall–Kier alpha value is -2.33. The minimum atomic E-state index is -4.54. The van der Waals surface area contributed by atoms with Crippen LogP contribution in [0.25, 0.3) is 0 Å². The zero-order chi connectivity index (χ0) is 22.3. The number of nitrogens with one attached hydrogen (secondary N) is 1. The second-order valence-electron chi connectivity index (χ2n) is 7.20. The van der Waals surface area contributed by atoms with Crippen LogP contribution in [0.3, 0.4) is 0 Å². The molecule has 3 rings (SSSR count). The van der Waals surface area contributed by atoms with E-state index in [9.17, 15) is 18.0 Å². The first-order valence-corrected chi connectivity index (χ1v) is 11.0. The summed E-state index contributed by atoms with van der Waals surface area (Å²) >= 11 is 0.882. The summed E-state index contributed by atoms with van der Waals surface area (Å²) in [5.74, 6) is 0.431. The molecule has 1 aromatic carbocycles. The Labute approximate surface area is 183 Å². The lowest BCUT2D eigenvalue weighted by Crippen LogP contribution is -2.41.